The third-order valence-electron chi connectivity index (χ3n) is 2.13. The fourth-order valence-corrected chi connectivity index (χ4v) is 1.39. The molecule has 0 aromatic rings. The van der Waals surface area contributed by atoms with E-state index in [9.17, 15) is 0 Å². The van der Waals surface area contributed by atoms with Gasteiger partial charge in [0, 0.05) is 13.0 Å². The summed E-state index contributed by atoms with van der Waals surface area (Å²) >= 11 is 0. The molecule has 3 heteroatoms. The van der Waals surface area contributed by atoms with E-state index >= 15 is 0 Å². The molecule has 2 N–H and O–H groups in total. The predicted octanol–water partition coefficient (Wildman–Crippen LogP) is 0.788. The van der Waals surface area contributed by atoms with Crippen LogP contribution in [0, 0.1) is 5.92 Å². The highest BCUT2D eigenvalue weighted by molar-refractivity contribution is 5.77. The van der Waals surface area contributed by atoms with Crippen molar-refractivity contribution < 1.29 is 4.74 Å². The van der Waals surface area contributed by atoms with Crippen molar-refractivity contribution in [2.45, 2.75) is 25.8 Å². The minimum Gasteiger partial charge on any atom is -0.388 e. The molecule has 0 amide bonds. The lowest BCUT2D eigenvalue weighted by molar-refractivity contribution is 0.0952. The van der Waals surface area contributed by atoms with Gasteiger partial charge in [-0.1, -0.05) is 0 Å². The first-order valence-electron chi connectivity index (χ1n) is 4.03. The Morgan fingerprint density at radius 2 is 2.36 bits per heavy atom. The number of hydrogen-bond acceptors (Lipinski definition) is 2. The molecule has 1 aliphatic carbocycles. The molecule has 0 bridgehead atoms. The maximum Gasteiger partial charge on any atom is 0.0909 e. The van der Waals surface area contributed by atoms with Crippen molar-refractivity contribution in [3.05, 3.63) is 0 Å². The Hall–Kier alpha value is -0.570. The summed E-state index contributed by atoms with van der Waals surface area (Å²) in [6.07, 6.45) is 2.40. The zero-order chi connectivity index (χ0) is 8.27. The van der Waals surface area contributed by atoms with E-state index in [0.717, 1.165) is 6.61 Å². The zero-order valence-electron chi connectivity index (χ0n) is 7.21. The van der Waals surface area contributed by atoms with E-state index in [2.05, 4.69) is 4.99 Å². The lowest BCUT2D eigenvalue weighted by atomic mass is 9.80. The van der Waals surface area contributed by atoms with Crippen LogP contribution in [0.4, 0.5) is 0 Å². The van der Waals surface area contributed by atoms with Crippen LogP contribution in [0.2, 0.25) is 0 Å². The molecule has 0 saturated heterocycles. The average molecular weight is 156 g/mol. The Kier molecular flexibility index (Phi) is 2.88. The van der Waals surface area contributed by atoms with Crippen LogP contribution >= 0.6 is 0 Å². The van der Waals surface area contributed by atoms with Gasteiger partial charge in [0.05, 0.1) is 18.5 Å². The molecule has 0 unspecified atom stereocenters. The van der Waals surface area contributed by atoms with Gasteiger partial charge < -0.3 is 10.5 Å². The van der Waals surface area contributed by atoms with Crippen molar-refractivity contribution >= 4 is 5.84 Å². The lowest BCUT2D eigenvalue weighted by Crippen LogP contribution is -2.34. The van der Waals surface area contributed by atoms with Crippen molar-refractivity contribution in [3.8, 4) is 0 Å². The first-order valence-corrected chi connectivity index (χ1v) is 4.03. The van der Waals surface area contributed by atoms with Gasteiger partial charge in [-0.3, -0.25) is 4.99 Å². The van der Waals surface area contributed by atoms with Crippen molar-refractivity contribution in [1.29, 1.82) is 0 Å². The van der Waals surface area contributed by atoms with E-state index in [0.29, 0.717) is 17.8 Å². The van der Waals surface area contributed by atoms with Crippen molar-refractivity contribution in [1.82, 2.24) is 0 Å². The highest BCUT2D eigenvalue weighted by Gasteiger charge is 2.29. The molecule has 2 atom stereocenters. The summed E-state index contributed by atoms with van der Waals surface area (Å²) in [4.78, 5) is 4.30. The molecule has 3 nitrogen and oxygen atoms in total. The molecule has 0 aromatic carbocycles. The molecule has 1 fully saturated rings. The first-order chi connectivity index (χ1) is 5.24. The summed E-state index contributed by atoms with van der Waals surface area (Å²) in [5.41, 5.74) is 5.47. The van der Waals surface area contributed by atoms with Gasteiger partial charge in [0.15, 0.2) is 0 Å². The van der Waals surface area contributed by atoms with E-state index in [1.165, 1.54) is 12.8 Å². The second-order valence-corrected chi connectivity index (χ2v) is 3.13. The summed E-state index contributed by atoms with van der Waals surface area (Å²) in [5, 5.41) is 0. The van der Waals surface area contributed by atoms with E-state index in [1.807, 2.05) is 6.92 Å². The van der Waals surface area contributed by atoms with Crippen LogP contribution in [0.25, 0.3) is 0 Å². The Bertz CT molecular complexity index is 152. The maximum absolute atomic E-state index is 5.47. The van der Waals surface area contributed by atoms with Gasteiger partial charge in [0.25, 0.3) is 0 Å². The van der Waals surface area contributed by atoms with Crippen molar-refractivity contribution in [2.75, 3.05) is 13.7 Å². The SMILES string of the molecule is COC[C@H]1CC[C@@H]1N=C(C)N. The van der Waals surface area contributed by atoms with Crippen LogP contribution in [0.3, 0.4) is 0 Å². The minimum absolute atomic E-state index is 0.431. The highest BCUT2D eigenvalue weighted by atomic mass is 16.5. The highest BCUT2D eigenvalue weighted by Crippen LogP contribution is 2.30. The Morgan fingerprint density at radius 1 is 1.64 bits per heavy atom. The third kappa shape index (κ3) is 2.19. The molecule has 0 heterocycles. The number of rotatable bonds is 3. The zero-order valence-corrected chi connectivity index (χ0v) is 7.21. The smallest absolute Gasteiger partial charge is 0.0909 e. The van der Waals surface area contributed by atoms with E-state index < -0.39 is 0 Å². The fourth-order valence-electron chi connectivity index (χ4n) is 1.39. The van der Waals surface area contributed by atoms with E-state index in [1.54, 1.807) is 7.11 Å². The molecule has 1 saturated carbocycles. The molecule has 0 radical (unpaired) electrons. The number of aliphatic imine (C=N–C) groups is 1. The monoisotopic (exact) mass is 156 g/mol. The van der Waals surface area contributed by atoms with Crippen LogP contribution < -0.4 is 5.73 Å². The molecule has 0 aromatic heterocycles. The topological polar surface area (TPSA) is 47.6 Å². The van der Waals surface area contributed by atoms with Gasteiger partial charge in [0.1, 0.15) is 0 Å². The number of nitrogens with two attached hydrogens (primary N) is 1. The van der Waals surface area contributed by atoms with Crippen LogP contribution in [-0.2, 0) is 4.74 Å². The van der Waals surface area contributed by atoms with Crippen LogP contribution in [-0.4, -0.2) is 25.6 Å². The Balaban J connectivity index is 2.31. The first kappa shape index (κ1) is 8.53. The van der Waals surface area contributed by atoms with E-state index in [4.69, 9.17) is 10.5 Å². The Morgan fingerprint density at radius 3 is 2.73 bits per heavy atom. The second kappa shape index (κ2) is 3.72. The predicted molar refractivity (Wildman–Crippen MR) is 45.7 cm³/mol. The third-order valence-corrected chi connectivity index (χ3v) is 2.13. The van der Waals surface area contributed by atoms with Gasteiger partial charge in [-0.05, 0) is 19.8 Å². The number of amidine groups is 1. The number of methoxy groups -OCH3 is 1. The molecular formula is C8H16N2O. The van der Waals surface area contributed by atoms with Crippen LogP contribution in [0.5, 0.6) is 0 Å². The van der Waals surface area contributed by atoms with E-state index in [-0.39, 0.29) is 0 Å². The average Bonchev–Trinajstić information content (AvgIpc) is 1.93. The summed E-state index contributed by atoms with van der Waals surface area (Å²) in [6, 6.07) is 0.431. The number of hydrogen-bond donors (Lipinski definition) is 1. The minimum atomic E-state index is 0.431. The van der Waals surface area contributed by atoms with Gasteiger partial charge in [-0.2, -0.15) is 0 Å². The summed E-state index contributed by atoms with van der Waals surface area (Å²) in [7, 11) is 1.73. The van der Waals surface area contributed by atoms with Crippen LogP contribution in [0.1, 0.15) is 19.8 Å². The summed E-state index contributed by atoms with van der Waals surface area (Å²) in [5.74, 6) is 1.30. The Labute approximate surface area is 67.6 Å². The molecule has 0 aliphatic heterocycles. The normalized spacial score (nSPS) is 31.6. The van der Waals surface area contributed by atoms with Crippen molar-refractivity contribution in [2.24, 2.45) is 16.6 Å². The quantitative estimate of drug-likeness (QED) is 0.485. The standard InChI is InChI=1S/C8H16N2O/c1-6(9)10-8-4-3-7(8)5-11-2/h7-8H,3-5H2,1-2H3,(H2,9,10)/t7-,8+/m1/s1. The van der Waals surface area contributed by atoms with Crippen molar-refractivity contribution in [3.63, 3.8) is 0 Å². The van der Waals surface area contributed by atoms with Gasteiger partial charge in [0.2, 0.25) is 0 Å². The largest absolute Gasteiger partial charge is 0.388 e. The maximum atomic E-state index is 5.47. The summed E-state index contributed by atoms with van der Waals surface area (Å²) in [6.45, 7) is 2.66. The second-order valence-electron chi connectivity index (χ2n) is 3.13. The fraction of sp³-hybridized carbons (Fsp3) is 0.875. The lowest BCUT2D eigenvalue weighted by Gasteiger charge is -2.33. The number of ether oxygens (including phenoxy) is 1. The van der Waals surface area contributed by atoms with Gasteiger partial charge in [-0.15, -0.1) is 0 Å². The molecular weight excluding hydrogens is 140 g/mol. The molecule has 1 aliphatic rings. The molecule has 1 rings (SSSR count). The molecule has 11 heavy (non-hydrogen) atoms. The number of nitrogens with zero attached hydrogens (tertiary/aromatic N) is 1. The van der Waals surface area contributed by atoms with Gasteiger partial charge in [-0.25, -0.2) is 0 Å². The molecule has 64 valence electrons. The molecule has 0 spiro atoms. The van der Waals surface area contributed by atoms with Crippen LogP contribution in [0.15, 0.2) is 4.99 Å². The summed E-state index contributed by atoms with van der Waals surface area (Å²) < 4.78 is 5.05. The van der Waals surface area contributed by atoms with Gasteiger partial charge >= 0.3 is 0 Å².